The Labute approximate surface area is 107 Å². The van der Waals surface area contributed by atoms with E-state index >= 15 is 0 Å². The molecule has 1 heterocycles. The molecular weight excluding hydrogens is 228 g/mol. The van der Waals surface area contributed by atoms with Crippen LogP contribution in [0.25, 0.3) is 0 Å². The summed E-state index contributed by atoms with van der Waals surface area (Å²) < 4.78 is 0. The first-order chi connectivity index (χ1) is 8.83. The molecule has 0 bridgehead atoms. The first-order valence-electron chi connectivity index (χ1n) is 6.51. The molecular formula is C14H20N2O2. The monoisotopic (exact) mass is 248 g/mol. The van der Waals surface area contributed by atoms with Crippen molar-refractivity contribution in [3.8, 4) is 0 Å². The van der Waals surface area contributed by atoms with E-state index in [0.717, 1.165) is 37.1 Å². The molecule has 0 radical (unpaired) electrons. The second-order valence-electron chi connectivity index (χ2n) is 4.59. The van der Waals surface area contributed by atoms with Crippen molar-refractivity contribution in [2.45, 2.75) is 18.8 Å². The van der Waals surface area contributed by atoms with Crippen LogP contribution in [0.4, 0.5) is 0 Å². The SMILES string of the molecule is O=C(NCCO)c1ccccc1C1CCNCC1. The number of aliphatic hydroxyl groups is 1. The number of hydrogen-bond donors (Lipinski definition) is 3. The van der Waals surface area contributed by atoms with Crippen molar-refractivity contribution in [1.82, 2.24) is 10.6 Å². The summed E-state index contributed by atoms with van der Waals surface area (Å²) in [5.41, 5.74) is 1.88. The Kier molecular flexibility index (Phi) is 4.73. The Morgan fingerprint density at radius 3 is 2.78 bits per heavy atom. The van der Waals surface area contributed by atoms with E-state index in [1.807, 2.05) is 24.3 Å². The number of hydrogen-bond acceptors (Lipinski definition) is 3. The highest BCUT2D eigenvalue weighted by Gasteiger charge is 2.20. The third-order valence-electron chi connectivity index (χ3n) is 3.38. The second kappa shape index (κ2) is 6.52. The molecule has 0 atom stereocenters. The molecule has 4 heteroatoms. The number of rotatable bonds is 4. The summed E-state index contributed by atoms with van der Waals surface area (Å²) in [5.74, 6) is 0.375. The maximum Gasteiger partial charge on any atom is 0.251 e. The molecule has 0 aromatic heterocycles. The van der Waals surface area contributed by atoms with Gasteiger partial charge in [-0.15, -0.1) is 0 Å². The highest BCUT2D eigenvalue weighted by molar-refractivity contribution is 5.95. The van der Waals surface area contributed by atoms with Crippen molar-refractivity contribution in [3.63, 3.8) is 0 Å². The lowest BCUT2D eigenvalue weighted by Gasteiger charge is -2.24. The lowest BCUT2D eigenvalue weighted by atomic mass is 9.87. The number of aliphatic hydroxyl groups excluding tert-OH is 1. The van der Waals surface area contributed by atoms with E-state index in [2.05, 4.69) is 10.6 Å². The fourth-order valence-electron chi connectivity index (χ4n) is 2.46. The molecule has 98 valence electrons. The maximum atomic E-state index is 12.0. The van der Waals surface area contributed by atoms with E-state index in [1.54, 1.807) is 0 Å². The van der Waals surface area contributed by atoms with Crippen LogP contribution in [0.1, 0.15) is 34.7 Å². The highest BCUT2D eigenvalue weighted by atomic mass is 16.3. The first kappa shape index (κ1) is 13.1. The van der Waals surface area contributed by atoms with Gasteiger partial charge in [0.1, 0.15) is 0 Å². The van der Waals surface area contributed by atoms with Crippen LogP contribution in [-0.2, 0) is 0 Å². The molecule has 0 saturated carbocycles. The van der Waals surface area contributed by atoms with E-state index in [-0.39, 0.29) is 12.5 Å². The van der Waals surface area contributed by atoms with Crippen molar-refractivity contribution in [2.75, 3.05) is 26.2 Å². The minimum atomic E-state index is -0.0850. The van der Waals surface area contributed by atoms with Gasteiger partial charge in [-0.2, -0.15) is 0 Å². The summed E-state index contributed by atoms with van der Waals surface area (Å²) in [7, 11) is 0. The molecule has 1 aromatic rings. The van der Waals surface area contributed by atoms with Crippen LogP contribution in [0.3, 0.4) is 0 Å². The van der Waals surface area contributed by atoms with E-state index in [4.69, 9.17) is 5.11 Å². The molecule has 2 rings (SSSR count). The summed E-state index contributed by atoms with van der Waals surface area (Å²) in [6.07, 6.45) is 2.15. The molecule has 1 aromatic carbocycles. The molecule has 3 N–H and O–H groups in total. The molecule has 0 spiro atoms. The van der Waals surface area contributed by atoms with E-state index in [1.165, 1.54) is 0 Å². The van der Waals surface area contributed by atoms with Crippen LogP contribution in [0.5, 0.6) is 0 Å². The smallest absolute Gasteiger partial charge is 0.251 e. The van der Waals surface area contributed by atoms with Crippen molar-refractivity contribution in [2.24, 2.45) is 0 Å². The largest absolute Gasteiger partial charge is 0.395 e. The zero-order valence-corrected chi connectivity index (χ0v) is 10.5. The Balaban J connectivity index is 2.16. The number of piperidine rings is 1. The average molecular weight is 248 g/mol. The van der Waals surface area contributed by atoms with Gasteiger partial charge in [0.25, 0.3) is 5.91 Å². The van der Waals surface area contributed by atoms with Gasteiger partial charge in [-0.25, -0.2) is 0 Å². The minimum Gasteiger partial charge on any atom is -0.395 e. The van der Waals surface area contributed by atoms with Gasteiger partial charge in [0.15, 0.2) is 0 Å². The fraction of sp³-hybridized carbons (Fsp3) is 0.500. The molecule has 4 nitrogen and oxygen atoms in total. The number of nitrogens with one attached hydrogen (secondary N) is 2. The predicted molar refractivity (Wildman–Crippen MR) is 70.7 cm³/mol. The number of benzene rings is 1. The lowest BCUT2D eigenvalue weighted by molar-refractivity contribution is 0.0943. The molecule has 18 heavy (non-hydrogen) atoms. The van der Waals surface area contributed by atoms with Crippen molar-refractivity contribution in [3.05, 3.63) is 35.4 Å². The zero-order valence-electron chi connectivity index (χ0n) is 10.5. The number of amides is 1. The molecule has 1 fully saturated rings. The van der Waals surface area contributed by atoms with Gasteiger partial charge in [0.2, 0.25) is 0 Å². The van der Waals surface area contributed by atoms with Crippen LogP contribution in [-0.4, -0.2) is 37.3 Å². The quantitative estimate of drug-likeness (QED) is 0.741. The van der Waals surface area contributed by atoms with Gasteiger partial charge in [-0.05, 0) is 43.5 Å². The normalized spacial score (nSPS) is 16.5. The fourth-order valence-corrected chi connectivity index (χ4v) is 2.46. The Morgan fingerprint density at radius 1 is 1.33 bits per heavy atom. The summed E-state index contributed by atoms with van der Waals surface area (Å²) in [6, 6.07) is 7.78. The van der Waals surface area contributed by atoms with Crippen molar-refractivity contribution >= 4 is 5.91 Å². The van der Waals surface area contributed by atoms with Gasteiger partial charge in [-0.1, -0.05) is 18.2 Å². The van der Waals surface area contributed by atoms with Gasteiger partial charge < -0.3 is 15.7 Å². The first-order valence-corrected chi connectivity index (χ1v) is 6.51. The van der Waals surface area contributed by atoms with Gasteiger partial charge in [0, 0.05) is 12.1 Å². The summed E-state index contributed by atoms with van der Waals surface area (Å²) in [5, 5.41) is 14.8. The van der Waals surface area contributed by atoms with Gasteiger partial charge in [0.05, 0.1) is 6.61 Å². The molecule has 1 aliphatic rings. The van der Waals surface area contributed by atoms with Crippen LogP contribution in [0.15, 0.2) is 24.3 Å². The van der Waals surface area contributed by atoms with Crippen molar-refractivity contribution < 1.29 is 9.90 Å². The summed E-state index contributed by atoms with van der Waals surface area (Å²) in [4.78, 5) is 12.0. The maximum absolute atomic E-state index is 12.0. The third-order valence-corrected chi connectivity index (χ3v) is 3.38. The molecule has 0 unspecified atom stereocenters. The van der Waals surface area contributed by atoms with Crippen LogP contribution < -0.4 is 10.6 Å². The molecule has 1 aliphatic heterocycles. The van der Waals surface area contributed by atoms with Crippen LogP contribution in [0.2, 0.25) is 0 Å². The highest BCUT2D eigenvalue weighted by Crippen LogP contribution is 2.27. The average Bonchev–Trinajstić information content (AvgIpc) is 2.45. The Morgan fingerprint density at radius 2 is 2.06 bits per heavy atom. The van der Waals surface area contributed by atoms with Crippen molar-refractivity contribution in [1.29, 1.82) is 0 Å². The minimum absolute atomic E-state index is 0.0265. The van der Waals surface area contributed by atoms with Gasteiger partial charge >= 0.3 is 0 Å². The predicted octanol–water partition coefficient (Wildman–Crippen LogP) is 0.876. The number of carbonyl (C=O) groups excluding carboxylic acids is 1. The van der Waals surface area contributed by atoms with E-state index < -0.39 is 0 Å². The molecule has 1 saturated heterocycles. The van der Waals surface area contributed by atoms with E-state index in [9.17, 15) is 4.79 Å². The van der Waals surface area contributed by atoms with Gasteiger partial charge in [-0.3, -0.25) is 4.79 Å². The van der Waals surface area contributed by atoms with Crippen LogP contribution >= 0.6 is 0 Å². The lowest BCUT2D eigenvalue weighted by Crippen LogP contribution is -2.30. The Bertz CT molecular complexity index is 401. The number of carbonyl (C=O) groups is 1. The van der Waals surface area contributed by atoms with E-state index in [0.29, 0.717) is 12.5 Å². The molecule has 1 amide bonds. The Hall–Kier alpha value is -1.39. The second-order valence-corrected chi connectivity index (χ2v) is 4.59. The summed E-state index contributed by atoms with van der Waals surface area (Å²) >= 11 is 0. The van der Waals surface area contributed by atoms with Crippen LogP contribution in [0, 0.1) is 0 Å². The summed E-state index contributed by atoms with van der Waals surface area (Å²) in [6.45, 7) is 2.30. The third kappa shape index (κ3) is 3.09. The standard InChI is InChI=1S/C14H20N2O2/c17-10-9-16-14(18)13-4-2-1-3-12(13)11-5-7-15-8-6-11/h1-4,11,15,17H,5-10H2,(H,16,18). The zero-order chi connectivity index (χ0) is 12.8. The topological polar surface area (TPSA) is 61.4 Å². The molecule has 0 aliphatic carbocycles.